The molecule has 0 unspecified atom stereocenters. The number of methoxy groups -OCH3 is 1. The lowest BCUT2D eigenvalue weighted by atomic mass is 10.1. The van der Waals surface area contributed by atoms with Crippen LogP contribution in [0.3, 0.4) is 0 Å². The number of carboxylic acids is 1. The summed E-state index contributed by atoms with van der Waals surface area (Å²) in [7, 11) is 1.63. The van der Waals surface area contributed by atoms with E-state index in [9.17, 15) is 4.79 Å². The van der Waals surface area contributed by atoms with E-state index >= 15 is 0 Å². The van der Waals surface area contributed by atoms with Gasteiger partial charge in [0.2, 0.25) is 0 Å². The number of carbonyl (C=O) groups is 1. The van der Waals surface area contributed by atoms with Gasteiger partial charge in [-0.1, -0.05) is 24.3 Å². The maximum atomic E-state index is 11.2. The van der Waals surface area contributed by atoms with E-state index in [0.29, 0.717) is 5.75 Å². The second-order valence-electron chi connectivity index (χ2n) is 6.55. The van der Waals surface area contributed by atoms with Crippen LogP contribution in [0.2, 0.25) is 0 Å². The predicted octanol–water partition coefficient (Wildman–Crippen LogP) is 6.01. The van der Waals surface area contributed by atoms with Gasteiger partial charge >= 0.3 is 5.97 Å². The smallest absolute Gasteiger partial charge is 0.335 e. The van der Waals surface area contributed by atoms with Crippen LogP contribution in [0.15, 0.2) is 88.4 Å². The van der Waals surface area contributed by atoms with Crippen molar-refractivity contribution in [2.45, 2.75) is 10.6 Å². The molecule has 0 aliphatic heterocycles. The molecule has 6 heteroatoms. The second kappa shape index (κ2) is 8.88. The first kappa shape index (κ1) is 19.8. The minimum atomic E-state index is -0.952. The SMILES string of the molecule is COc1cccc(-c2cc(CSc3ccncc3)c(-c3ccc(C(=O)O)cc3)o2)c1. The van der Waals surface area contributed by atoms with Gasteiger partial charge in [0.15, 0.2) is 0 Å². The number of thioether (sulfide) groups is 1. The zero-order valence-electron chi connectivity index (χ0n) is 16.2. The Balaban J connectivity index is 1.71. The van der Waals surface area contributed by atoms with Crippen LogP contribution in [0, 0.1) is 0 Å². The molecule has 0 aliphatic carbocycles. The molecule has 2 aromatic heterocycles. The zero-order chi connectivity index (χ0) is 20.9. The highest BCUT2D eigenvalue weighted by molar-refractivity contribution is 7.98. The maximum absolute atomic E-state index is 11.2. The normalized spacial score (nSPS) is 10.7. The molecule has 0 radical (unpaired) electrons. The minimum absolute atomic E-state index is 0.242. The third kappa shape index (κ3) is 4.39. The number of hydrogen-bond donors (Lipinski definition) is 1. The molecule has 0 bridgehead atoms. The zero-order valence-corrected chi connectivity index (χ0v) is 17.1. The van der Waals surface area contributed by atoms with Gasteiger partial charge in [0.25, 0.3) is 0 Å². The molecule has 0 fully saturated rings. The van der Waals surface area contributed by atoms with Gasteiger partial charge in [0, 0.05) is 39.7 Å². The van der Waals surface area contributed by atoms with Gasteiger partial charge in [-0.25, -0.2) is 4.79 Å². The molecule has 4 rings (SSSR count). The highest BCUT2D eigenvalue weighted by atomic mass is 32.2. The van der Waals surface area contributed by atoms with Crippen molar-refractivity contribution >= 4 is 17.7 Å². The molecule has 5 nitrogen and oxygen atoms in total. The van der Waals surface area contributed by atoms with Crippen LogP contribution in [0.1, 0.15) is 15.9 Å². The standard InChI is InChI=1S/C24H19NO4S/c1-28-20-4-2-3-18(13-20)22-14-19(15-30-21-9-11-25-12-10-21)23(29-22)16-5-7-17(8-6-16)24(26)27/h2-14H,15H2,1H3,(H,26,27). The predicted molar refractivity (Wildman–Crippen MR) is 117 cm³/mol. The Hall–Kier alpha value is -3.51. The molecule has 1 N–H and O–H groups in total. The van der Waals surface area contributed by atoms with E-state index < -0.39 is 5.97 Å². The molecule has 2 aromatic carbocycles. The van der Waals surface area contributed by atoms with Crippen LogP contribution < -0.4 is 4.74 Å². The fourth-order valence-corrected chi connectivity index (χ4v) is 3.91. The third-order valence-corrected chi connectivity index (χ3v) is 5.66. The molecular weight excluding hydrogens is 398 g/mol. The summed E-state index contributed by atoms with van der Waals surface area (Å²) in [6.07, 6.45) is 3.54. The average Bonchev–Trinajstić information content (AvgIpc) is 3.23. The Morgan fingerprint density at radius 1 is 1.03 bits per heavy atom. The lowest BCUT2D eigenvalue weighted by Gasteiger charge is -2.04. The van der Waals surface area contributed by atoms with Gasteiger partial charge in [0.05, 0.1) is 12.7 Å². The van der Waals surface area contributed by atoms with Gasteiger partial charge in [-0.15, -0.1) is 11.8 Å². The fourth-order valence-electron chi connectivity index (χ4n) is 3.06. The Labute approximate surface area is 178 Å². The molecule has 0 saturated heterocycles. The summed E-state index contributed by atoms with van der Waals surface area (Å²) < 4.78 is 11.6. The number of benzene rings is 2. The van der Waals surface area contributed by atoms with Crippen molar-refractivity contribution in [1.82, 2.24) is 4.98 Å². The van der Waals surface area contributed by atoms with Crippen LogP contribution in [0.5, 0.6) is 5.75 Å². The molecule has 0 amide bonds. The summed E-state index contributed by atoms with van der Waals surface area (Å²) in [5.41, 5.74) is 3.01. The Morgan fingerprint density at radius 3 is 2.50 bits per heavy atom. The van der Waals surface area contributed by atoms with Gasteiger partial charge in [-0.05, 0) is 42.5 Å². The number of pyridine rings is 1. The van der Waals surface area contributed by atoms with Gasteiger partial charge < -0.3 is 14.3 Å². The Kier molecular flexibility index (Phi) is 5.86. The monoisotopic (exact) mass is 417 g/mol. The maximum Gasteiger partial charge on any atom is 0.335 e. The summed E-state index contributed by atoms with van der Waals surface area (Å²) in [5, 5.41) is 9.17. The van der Waals surface area contributed by atoms with E-state index in [1.807, 2.05) is 42.5 Å². The lowest BCUT2D eigenvalue weighted by molar-refractivity contribution is 0.0697. The number of ether oxygens (including phenoxy) is 1. The van der Waals surface area contributed by atoms with Crippen LogP contribution >= 0.6 is 11.8 Å². The second-order valence-corrected chi connectivity index (χ2v) is 7.60. The van der Waals surface area contributed by atoms with Crippen LogP contribution in [-0.2, 0) is 5.75 Å². The highest BCUT2D eigenvalue weighted by Crippen LogP contribution is 2.37. The third-order valence-electron chi connectivity index (χ3n) is 4.60. The van der Waals surface area contributed by atoms with Crippen molar-refractivity contribution in [3.63, 3.8) is 0 Å². The largest absolute Gasteiger partial charge is 0.497 e. The number of furan rings is 1. The van der Waals surface area contributed by atoms with Crippen molar-refractivity contribution in [2.75, 3.05) is 7.11 Å². The molecule has 0 spiro atoms. The molecule has 0 atom stereocenters. The van der Waals surface area contributed by atoms with Gasteiger partial charge in [-0.2, -0.15) is 0 Å². The molecule has 2 heterocycles. The van der Waals surface area contributed by atoms with Crippen molar-refractivity contribution in [3.05, 3.63) is 90.3 Å². The van der Waals surface area contributed by atoms with Gasteiger partial charge in [-0.3, -0.25) is 4.98 Å². The van der Waals surface area contributed by atoms with Crippen molar-refractivity contribution in [1.29, 1.82) is 0 Å². The van der Waals surface area contributed by atoms with Crippen molar-refractivity contribution < 1.29 is 19.1 Å². The summed E-state index contributed by atoms with van der Waals surface area (Å²) in [5.74, 6) is 1.96. The first-order chi connectivity index (χ1) is 14.6. The number of aromatic nitrogens is 1. The van der Waals surface area contributed by atoms with E-state index in [4.69, 9.17) is 14.3 Å². The lowest BCUT2D eigenvalue weighted by Crippen LogP contribution is -1.95. The van der Waals surface area contributed by atoms with E-state index in [-0.39, 0.29) is 5.56 Å². The Bertz CT molecular complexity index is 1150. The van der Waals surface area contributed by atoms with Gasteiger partial charge in [0.1, 0.15) is 17.3 Å². The molecule has 150 valence electrons. The van der Waals surface area contributed by atoms with E-state index in [1.165, 1.54) is 0 Å². The first-order valence-corrected chi connectivity index (χ1v) is 10.3. The first-order valence-electron chi connectivity index (χ1n) is 9.28. The average molecular weight is 417 g/mol. The number of carboxylic acid groups (broad SMARTS) is 1. The van der Waals surface area contributed by atoms with E-state index in [2.05, 4.69) is 4.98 Å². The molecule has 0 aliphatic rings. The van der Waals surface area contributed by atoms with E-state index in [1.54, 1.807) is 55.5 Å². The Morgan fingerprint density at radius 2 is 1.80 bits per heavy atom. The molecular formula is C24H19NO4S. The fraction of sp³-hybridized carbons (Fsp3) is 0.0833. The van der Waals surface area contributed by atoms with Crippen LogP contribution in [0.4, 0.5) is 0 Å². The molecule has 30 heavy (non-hydrogen) atoms. The summed E-state index contributed by atoms with van der Waals surface area (Å²) in [4.78, 5) is 16.3. The topological polar surface area (TPSA) is 72.6 Å². The minimum Gasteiger partial charge on any atom is -0.497 e. The summed E-state index contributed by atoms with van der Waals surface area (Å²) >= 11 is 1.69. The number of aromatic carboxylic acids is 1. The van der Waals surface area contributed by atoms with Crippen molar-refractivity contribution in [2.24, 2.45) is 0 Å². The summed E-state index contributed by atoms with van der Waals surface area (Å²) in [6.45, 7) is 0. The highest BCUT2D eigenvalue weighted by Gasteiger charge is 2.16. The van der Waals surface area contributed by atoms with Crippen LogP contribution in [-0.4, -0.2) is 23.2 Å². The summed E-state index contributed by atoms with van der Waals surface area (Å²) in [6, 6.07) is 20.4. The quantitative estimate of drug-likeness (QED) is 0.371. The number of nitrogens with zero attached hydrogens (tertiary/aromatic N) is 1. The van der Waals surface area contributed by atoms with Crippen LogP contribution in [0.25, 0.3) is 22.6 Å². The molecule has 4 aromatic rings. The number of hydrogen-bond acceptors (Lipinski definition) is 5. The van der Waals surface area contributed by atoms with E-state index in [0.717, 1.165) is 38.9 Å². The number of rotatable bonds is 7. The molecule has 0 saturated carbocycles. The van der Waals surface area contributed by atoms with Crippen molar-refractivity contribution in [3.8, 4) is 28.4 Å².